The summed E-state index contributed by atoms with van der Waals surface area (Å²) in [5.74, 6) is 0.963. The van der Waals surface area contributed by atoms with E-state index in [4.69, 9.17) is 0 Å². The van der Waals surface area contributed by atoms with Crippen LogP contribution in [-0.4, -0.2) is 36.5 Å². The molecule has 1 fully saturated rings. The molecule has 1 aliphatic heterocycles. The van der Waals surface area contributed by atoms with Crippen LogP contribution in [-0.2, 0) is 0 Å². The highest BCUT2D eigenvalue weighted by molar-refractivity contribution is 7.99. The number of rotatable bonds is 2. The summed E-state index contributed by atoms with van der Waals surface area (Å²) < 4.78 is 0. The van der Waals surface area contributed by atoms with E-state index in [9.17, 15) is 0 Å². The maximum absolute atomic E-state index is 2.37. The van der Waals surface area contributed by atoms with Gasteiger partial charge in [0.05, 0.1) is 0 Å². The summed E-state index contributed by atoms with van der Waals surface area (Å²) in [4.78, 5) is 2.37. The maximum atomic E-state index is 2.37. The Kier molecular flexibility index (Phi) is 2.42. The van der Waals surface area contributed by atoms with E-state index < -0.39 is 0 Å². The Morgan fingerprint density at radius 2 is 2.11 bits per heavy atom. The third kappa shape index (κ3) is 1.62. The molecule has 1 unspecified atom stereocenters. The van der Waals surface area contributed by atoms with Gasteiger partial charge in [0, 0.05) is 18.3 Å². The van der Waals surface area contributed by atoms with Gasteiger partial charge in [0.15, 0.2) is 0 Å². The molecule has 1 saturated heterocycles. The van der Waals surface area contributed by atoms with Gasteiger partial charge in [-0.2, -0.15) is 11.8 Å². The van der Waals surface area contributed by atoms with Gasteiger partial charge < -0.3 is 4.90 Å². The highest BCUT2D eigenvalue weighted by Crippen LogP contribution is 2.24. The molecule has 0 aliphatic carbocycles. The quantitative estimate of drug-likeness (QED) is 0.576. The van der Waals surface area contributed by atoms with Crippen molar-refractivity contribution in [2.24, 2.45) is 5.92 Å². The lowest BCUT2D eigenvalue weighted by Gasteiger charge is -2.39. The third-order valence-corrected chi connectivity index (χ3v) is 3.26. The van der Waals surface area contributed by atoms with Gasteiger partial charge in [-0.3, -0.25) is 0 Å². The molecular formula is C7H15NS. The molecule has 0 saturated carbocycles. The van der Waals surface area contributed by atoms with Crippen molar-refractivity contribution in [3.8, 4) is 0 Å². The maximum Gasteiger partial charge on any atom is 0.00686 e. The fourth-order valence-electron chi connectivity index (χ4n) is 1.24. The van der Waals surface area contributed by atoms with Gasteiger partial charge >= 0.3 is 0 Å². The van der Waals surface area contributed by atoms with Crippen LogP contribution in [0.4, 0.5) is 0 Å². The van der Waals surface area contributed by atoms with E-state index in [1.165, 1.54) is 13.1 Å². The lowest BCUT2D eigenvalue weighted by Crippen LogP contribution is -2.47. The van der Waals surface area contributed by atoms with Gasteiger partial charge in [-0.25, -0.2) is 0 Å². The Morgan fingerprint density at radius 3 is 2.44 bits per heavy atom. The summed E-state index contributed by atoms with van der Waals surface area (Å²) in [5, 5.41) is 0.862. The molecule has 0 aromatic heterocycles. The van der Waals surface area contributed by atoms with Gasteiger partial charge in [-0.05, 0) is 19.2 Å². The molecule has 0 bridgehead atoms. The van der Waals surface area contributed by atoms with E-state index in [0.29, 0.717) is 0 Å². The Morgan fingerprint density at radius 1 is 1.56 bits per heavy atom. The fourth-order valence-corrected chi connectivity index (χ4v) is 1.79. The van der Waals surface area contributed by atoms with E-state index in [0.717, 1.165) is 11.2 Å². The number of nitrogens with zero attached hydrogens (tertiary/aromatic N) is 1. The second-order valence-corrected chi connectivity index (χ2v) is 4.14. The molecule has 0 N–H and O–H groups in total. The molecule has 0 spiro atoms. The molecule has 0 aromatic carbocycles. The number of hydrogen-bond acceptors (Lipinski definition) is 2. The normalized spacial score (nSPS) is 25.7. The zero-order valence-electron chi connectivity index (χ0n) is 6.42. The average molecular weight is 145 g/mol. The minimum atomic E-state index is 0.862. The Bertz CT molecular complexity index is 88.9. The summed E-state index contributed by atoms with van der Waals surface area (Å²) in [6.45, 7) is 4.94. The summed E-state index contributed by atoms with van der Waals surface area (Å²) in [6, 6.07) is 0. The lowest BCUT2D eigenvalue weighted by atomic mass is 9.98. The number of thioether (sulfide) groups is 1. The fraction of sp³-hybridized carbons (Fsp3) is 1.00. The molecule has 9 heavy (non-hydrogen) atoms. The van der Waals surface area contributed by atoms with Crippen molar-refractivity contribution in [1.82, 2.24) is 4.90 Å². The van der Waals surface area contributed by atoms with Crippen molar-refractivity contribution >= 4 is 11.8 Å². The SMILES string of the molecule is CSC(C)C1CN(C)C1. The van der Waals surface area contributed by atoms with Crippen LogP contribution in [0.5, 0.6) is 0 Å². The van der Waals surface area contributed by atoms with Gasteiger partial charge in [0.1, 0.15) is 0 Å². The van der Waals surface area contributed by atoms with Crippen molar-refractivity contribution < 1.29 is 0 Å². The van der Waals surface area contributed by atoms with Crippen LogP contribution < -0.4 is 0 Å². The third-order valence-electron chi connectivity index (χ3n) is 2.13. The van der Waals surface area contributed by atoms with Crippen LogP contribution >= 0.6 is 11.8 Å². The zero-order valence-corrected chi connectivity index (χ0v) is 7.24. The first-order valence-corrected chi connectivity index (χ1v) is 4.74. The highest BCUT2D eigenvalue weighted by atomic mass is 32.2. The monoisotopic (exact) mass is 145 g/mol. The Balaban J connectivity index is 2.15. The van der Waals surface area contributed by atoms with Crippen LogP contribution in [0.1, 0.15) is 6.92 Å². The van der Waals surface area contributed by atoms with E-state index in [2.05, 4.69) is 25.1 Å². The Hall–Kier alpha value is 0.310. The first-order valence-electron chi connectivity index (χ1n) is 3.45. The van der Waals surface area contributed by atoms with E-state index >= 15 is 0 Å². The predicted molar refractivity (Wildman–Crippen MR) is 44.0 cm³/mol. The van der Waals surface area contributed by atoms with Gasteiger partial charge in [0.2, 0.25) is 0 Å². The lowest BCUT2D eigenvalue weighted by molar-refractivity contribution is 0.135. The minimum Gasteiger partial charge on any atom is -0.306 e. The molecule has 2 heteroatoms. The molecule has 1 atom stereocenters. The van der Waals surface area contributed by atoms with Gasteiger partial charge in [-0.1, -0.05) is 6.92 Å². The smallest absolute Gasteiger partial charge is 0.00686 e. The van der Waals surface area contributed by atoms with Crippen LogP contribution in [0, 0.1) is 5.92 Å². The second-order valence-electron chi connectivity index (χ2n) is 2.92. The van der Waals surface area contributed by atoms with Crippen molar-refractivity contribution in [1.29, 1.82) is 0 Å². The van der Waals surface area contributed by atoms with Crippen LogP contribution in [0.3, 0.4) is 0 Å². The second kappa shape index (κ2) is 2.93. The average Bonchev–Trinajstić information content (AvgIpc) is 1.79. The van der Waals surface area contributed by atoms with Gasteiger partial charge in [0.25, 0.3) is 0 Å². The molecule has 1 aliphatic rings. The molecule has 0 radical (unpaired) electrons. The van der Waals surface area contributed by atoms with Crippen LogP contribution in [0.25, 0.3) is 0 Å². The summed E-state index contributed by atoms with van der Waals surface area (Å²) >= 11 is 1.98. The molecule has 1 heterocycles. The van der Waals surface area contributed by atoms with E-state index in [1.54, 1.807) is 0 Å². The Labute approximate surface area is 61.8 Å². The van der Waals surface area contributed by atoms with Crippen LogP contribution in [0.2, 0.25) is 0 Å². The van der Waals surface area contributed by atoms with Crippen molar-refractivity contribution in [3.05, 3.63) is 0 Å². The van der Waals surface area contributed by atoms with Gasteiger partial charge in [-0.15, -0.1) is 0 Å². The predicted octanol–water partition coefficient (Wildman–Crippen LogP) is 1.30. The van der Waals surface area contributed by atoms with E-state index in [-0.39, 0.29) is 0 Å². The summed E-state index contributed by atoms with van der Waals surface area (Å²) in [5.41, 5.74) is 0. The first kappa shape index (κ1) is 7.42. The van der Waals surface area contributed by atoms with Crippen molar-refractivity contribution in [3.63, 3.8) is 0 Å². The standard InChI is InChI=1S/C7H15NS/c1-6(9-3)7-4-8(2)5-7/h6-7H,4-5H2,1-3H3. The molecule has 1 rings (SSSR count). The summed E-state index contributed by atoms with van der Waals surface area (Å²) in [7, 11) is 2.18. The first-order chi connectivity index (χ1) is 4.24. The molecule has 0 amide bonds. The zero-order chi connectivity index (χ0) is 6.85. The minimum absolute atomic E-state index is 0.862. The van der Waals surface area contributed by atoms with Crippen molar-refractivity contribution in [2.45, 2.75) is 12.2 Å². The van der Waals surface area contributed by atoms with E-state index in [1.807, 2.05) is 11.8 Å². The van der Waals surface area contributed by atoms with Crippen LogP contribution in [0.15, 0.2) is 0 Å². The highest BCUT2D eigenvalue weighted by Gasteiger charge is 2.27. The molecule has 0 aromatic rings. The largest absolute Gasteiger partial charge is 0.306 e. The topological polar surface area (TPSA) is 3.24 Å². The molecule has 1 nitrogen and oxygen atoms in total. The van der Waals surface area contributed by atoms with Crippen molar-refractivity contribution in [2.75, 3.05) is 26.4 Å². The number of hydrogen-bond donors (Lipinski definition) is 0. The summed E-state index contributed by atoms with van der Waals surface area (Å²) in [6.07, 6.45) is 2.20. The number of likely N-dealkylation sites (tertiary alicyclic amines) is 1. The molecular weight excluding hydrogens is 130 g/mol. The molecule has 54 valence electrons.